The van der Waals surface area contributed by atoms with E-state index < -0.39 is 16.0 Å². The molecule has 2 fully saturated rings. The van der Waals surface area contributed by atoms with E-state index in [1.165, 1.54) is 35.0 Å². The van der Waals surface area contributed by atoms with Gasteiger partial charge in [-0.1, -0.05) is 32.6 Å². The predicted molar refractivity (Wildman–Crippen MR) is 114 cm³/mol. The van der Waals surface area contributed by atoms with Crippen LogP contribution in [0.5, 0.6) is 0 Å². The first kappa shape index (κ1) is 22.7. The van der Waals surface area contributed by atoms with E-state index in [1.807, 2.05) is 0 Å². The number of nitrogens with zero attached hydrogens (tertiary/aromatic N) is 1. The number of sulfonamides is 1. The zero-order valence-electron chi connectivity index (χ0n) is 17.6. The SMILES string of the molecule is C[C@H]1CCCC[C@H]1NC(=O)COC(=O)c1ccc(S(=O)(=O)N2CCCCCC2)cc1. The molecule has 1 aliphatic heterocycles. The molecular weight excluding hydrogens is 404 g/mol. The molecule has 30 heavy (non-hydrogen) atoms. The first-order chi connectivity index (χ1) is 14.4. The quantitative estimate of drug-likeness (QED) is 0.692. The van der Waals surface area contributed by atoms with Crippen LogP contribution in [0.25, 0.3) is 0 Å². The van der Waals surface area contributed by atoms with Crippen molar-refractivity contribution >= 4 is 21.9 Å². The van der Waals surface area contributed by atoms with Crippen LogP contribution < -0.4 is 5.32 Å². The van der Waals surface area contributed by atoms with Crippen LogP contribution in [0.2, 0.25) is 0 Å². The Balaban J connectivity index is 1.53. The van der Waals surface area contributed by atoms with Crippen molar-refractivity contribution < 1.29 is 22.7 Å². The maximum Gasteiger partial charge on any atom is 0.338 e. The van der Waals surface area contributed by atoms with Crippen LogP contribution in [0, 0.1) is 5.92 Å². The molecule has 2 atom stereocenters. The fourth-order valence-electron chi connectivity index (χ4n) is 4.19. The Hall–Kier alpha value is -1.93. The largest absolute Gasteiger partial charge is 0.452 e. The molecule has 2 aliphatic rings. The zero-order chi connectivity index (χ0) is 21.6. The van der Waals surface area contributed by atoms with Gasteiger partial charge in [-0.15, -0.1) is 0 Å². The number of nitrogens with one attached hydrogen (secondary N) is 1. The Bertz CT molecular complexity index is 830. The lowest BCUT2D eigenvalue weighted by molar-refractivity contribution is -0.125. The van der Waals surface area contributed by atoms with Gasteiger partial charge in [-0.25, -0.2) is 13.2 Å². The molecule has 1 N–H and O–H groups in total. The lowest BCUT2D eigenvalue weighted by Crippen LogP contribution is -2.42. The molecule has 1 aromatic carbocycles. The molecule has 7 nitrogen and oxygen atoms in total. The van der Waals surface area contributed by atoms with Gasteiger partial charge in [0.2, 0.25) is 10.0 Å². The minimum atomic E-state index is -3.56. The Morgan fingerprint density at radius 1 is 1.00 bits per heavy atom. The molecule has 1 aliphatic carbocycles. The number of rotatable bonds is 6. The number of esters is 1. The van der Waals surface area contributed by atoms with Gasteiger partial charge in [-0.2, -0.15) is 4.31 Å². The summed E-state index contributed by atoms with van der Waals surface area (Å²) in [5.74, 6) is -0.514. The molecule has 1 aromatic rings. The minimum Gasteiger partial charge on any atom is -0.452 e. The molecule has 0 aromatic heterocycles. The van der Waals surface area contributed by atoms with Gasteiger partial charge in [-0.3, -0.25) is 4.79 Å². The highest BCUT2D eigenvalue weighted by atomic mass is 32.2. The molecule has 1 heterocycles. The highest BCUT2D eigenvalue weighted by Crippen LogP contribution is 2.24. The topological polar surface area (TPSA) is 92.8 Å². The summed E-state index contributed by atoms with van der Waals surface area (Å²) in [6.07, 6.45) is 8.16. The van der Waals surface area contributed by atoms with Gasteiger partial charge in [0.1, 0.15) is 0 Å². The van der Waals surface area contributed by atoms with Crippen LogP contribution in [-0.4, -0.2) is 50.3 Å². The Labute approximate surface area is 179 Å². The van der Waals surface area contributed by atoms with Crippen molar-refractivity contribution in [2.75, 3.05) is 19.7 Å². The minimum absolute atomic E-state index is 0.133. The van der Waals surface area contributed by atoms with Gasteiger partial charge >= 0.3 is 5.97 Å². The van der Waals surface area contributed by atoms with E-state index in [-0.39, 0.29) is 29.0 Å². The lowest BCUT2D eigenvalue weighted by Gasteiger charge is -2.29. The molecular formula is C22H32N2O5S. The van der Waals surface area contributed by atoms with Crippen LogP contribution in [0.1, 0.15) is 68.6 Å². The van der Waals surface area contributed by atoms with Gasteiger partial charge in [-0.05, 0) is 55.9 Å². The van der Waals surface area contributed by atoms with E-state index in [2.05, 4.69) is 12.2 Å². The summed E-state index contributed by atoms with van der Waals surface area (Å²) in [7, 11) is -3.56. The van der Waals surface area contributed by atoms with Crippen molar-refractivity contribution in [3.05, 3.63) is 29.8 Å². The molecule has 3 rings (SSSR count). The van der Waals surface area contributed by atoms with Gasteiger partial charge in [0.25, 0.3) is 5.91 Å². The van der Waals surface area contributed by atoms with E-state index >= 15 is 0 Å². The molecule has 0 bridgehead atoms. The fourth-order valence-corrected chi connectivity index (χ4v) is 5.70. The summed E-state index contributed by atoms with van der Waals surface area (Å²) < 4.78 is 32.2. The van der Waals surface area contributed by atoms with E-state index in [0.717, 1.165) is 44.9 Å². The predicted octanol–water partition coefficient (Wildman–Crippen LogP) is 3.10. The maximum atomic E-state index is 12.8. The molecule has 0 radical (unpaired) electrons. The first-order valence-electron chi connectivity index (χ1n) is 10.9. The average molecular weight is 437 g/mol. The Morgan fingerprint density at radius 3 is 2.27 bits per heavy atom. The van der Waals surface area contributed by atoms with Crippen molar-refractivity contribution in [3.63, 3.8) is 0 Å². The molecule has 0 spiro atoms. The molecule has 0 unspecified atom stereocenters. The van der Waals surface area contributed by atoms with Crippen LogP contribution in [0.4, 0.5) is 0 Å². The summed E-state index contributed by atoms with van der Waals surface area (Å²) >= 11 is 0. The van der Waals surface area contributed by atoms with E-state index in [9.17, 15) is 18.0 Å². The van der Waals surface area contributed by atoms with Crippen molar-refractivity contribution in [2.45, 2.75) is 69.2 Å². The molecule has 8 heteroatoms. The number of amides is 1. The van der Waals surface area contributed by atoms with Crippen molar-refractivity contribution in [3.8, 4) is 0 Å². The summed E-state index contributed by atoms with van der Waals surface area (Å²) in [4.78, 5) is 24.5. The third kappa shape index (κ3) is 5.82. The highest BCUT2D eigenvalue weighted by Gasteiger charge is 2.26. The first-order valence-corrected chi connectivity index (χ1v) is 12.4. The van der Waals surface area contributed by atoms with Gasteiger partial charge in [0, 0.05) is 19.1 Å². The average Bonchev–Trinajstić information content (AvgIpc) is 3.04. The van der Waals surface area contributed by atoms with E-state index in [1.54, 1.807) is 0 Å². The Morgan fingerprint density at radius 2 is 1.63 bits per heavy atom. The third-order valence-electron chi connectivity index (χ3n) is 6.09. The fraction of sp³-hybridized carbons (Fsp3) is 0.636. The Kier molecular flexibility index (Phi) is 7.88. The number of hydrogen-bond acceptors (Lipinski definition) is 5. The van der Waals surface area contributed by atoms with Crippen molar-refractivity contribution in [1.29, 1.82) is 0 Å². The summed E-state index contributed by atoms with van der Waals surface area (Å²) in [6.45, 7) is 2.84. The lowest BCUT2D eigenvalue weighted by atomic mass is 9.86. The second kappa shape index (κ2) is 10.4. The standard InChI is InChI=1S/C22H32N2O5S/c1-17-8-4-5-9-20(17)23-21(25)16-29-22(26)18-10-12-19(13-11-18)30(27,28)24-14-6-2-3-7-15-24/h10-13,17,20H,2-9,14-16H2,1H3,(H,23,25)/t17-,20+/m0/s1. The van der Waals surface area contributed by atoms with E-state index in [4.69, 9.17) is 4.74 Å². The summed E-state index contributed by atoms with van der Waals surface area (Å²) in [5.41, 5.74) is 0.226. The van der Waals surface area contributed by atoms with Crippen LogP contribution in [0.3, 0.4) is 0 Å². The molecule has 1 saturated heterocycles. The van der Waals surface area contributed by atoms with Gasteiger partial charge in [0.05, 0.1) is 10.5 Å². The molecule has 1 saturated carbocycles. The number of hydrogen-bond donors (Lipinski definition) is 1. The zero-order valence-corrected chi connectivity index (χ0v) is 18.5. The monoisotopic (exact) mass is 436 g/mol. The highest BCUT2D eigenvalue weighted by molar-refractivity contribution is 7.89. The smallest absolute Gasteiger partial charge is 0.338 e. The number of carbonyl (C=O) groups is 2. The van der Waals surface area contributed by atoms with Crippen LogP contribution in [-0.2, 0) is 19.6 Å². The summed E-state index contributed by atoms with van der Waals surface area (Å²) in [6, 6.07) is 5.87. The number of ether oxygens (including phenoxy) is 1. The summed E-state index contributed by atoms with van der Waals surface area (Å²) in [5, 5.41) is 2.94. The second-order valence-corrected chi connectivity index (χ2v) is 10.3. The van der Waals surface area contributed by atoms with Gasteiger partial charge < -0.3 is 10.1 Å². The van der Waals surface area contributed by atoms with Crippen LogP contribution >= 0.6 is 0 Å². The number of carbonyl (C=O) groups excluding carboxylic acids is 2. The normalized spacial score (nSPS) is 23.4. The molecule has 166 valence electrons. The van der Waals surface area contributed by atoms with Crippen molar-refractivity contribution in [1.82, 2.24) is 9.62 Å². The second-order valence-electron chi connectivity index (χ2n) is 8.35. The number of benzene rings is 1. The molecule has 1 amide bonds. The maximum absolute atomic E-state index is 12.8. The van der Waals surface area contributed by atoms with Gasteiger partial charge in [0.15, 0.2) is 6.61 Å². The van der Waals surface area contributed by atoms with E-state index in [0.29, 0.717) is 19.0 Å². The third-order valence-corrected chi connectivity index (χ3v) is 8.00. The van der Waals surface area contributed by atoms with Crippen LogP contribution in [0.15, 0.2) is 29.2 Å². The van der Waals surface area contributed by atoms with Crippen molar-refractivity contribution in [2.24, 2.45) is 5.92 Å².